The molecular weight excluding hydrogens is 322 g/mol. The number of carbonyl (C=O) groups excluding carboxylic acids is 1. The zero-order valence-corrected chi connectivity index (χ0v) is 14.8. The predicted octanol–water partition coefficient (Wildman–Crippen LogP) is 1.22. The lowest BCUT2D eigenvalue weighted by Crippen LogP contribution is -2.49. The molecule has 1 saturated heterocycles. The minimum atomic E-state index is 0.0161. The highest BCUT2D eigenvalue weighted by Gasteiger charge is 2.26. The molecule has 2 aromatic rings. The van der Waals surface area contributed by atoms with E-state index in [-0.39, 0.29) is 11.9 Å². The van der Waals surface area contributed by atoms with E-state index in [1.165, 1.54) is 0 Å². The van der Waals surface area contributed by atoms with Gasteiger partial charge in [0.25, 0.3) is 0 Å². The molecule has 0 saturated carbocycles. The number of nitrogens with one attached hydrogen (secondary N) is 1. The first kappa shape index (κ1) is 17.6. The Morgan fingerprint density at radius 3 is 2.80 bits per heavy atom. The third-order valence-corrected chi connectivity index (χ3v) is 4.52. The van der Waals surface area contributed by atoms with Crippen LogP contribution in [-0.4, -0.2) is 58.6 Å². The van der Waals surface area contributed by atoms with Gasteiger partial charge in [-0.15, -0.1) is 0 Å². The number of aryl methyl sites for hydroxylation is 1. The first-order chi connectivity index (χ1) is 12.2. The Bertz CT molecular complexity index is 662. The van der Waals surface area contributed by atoms with Gasteiger partial charge in [-0.25, -0.2) is 0 Å². The number of hydrogen-bond donors (Lipinski definition) is 1. The average Bonchev–Trinajstić information content (AvgIpc) is 3.31. The third kappa shape index (κ3) is 4.67. The van der Waals surface area contributed by atoms with Crippen LogP contribution in [0.4, 0.5) is 0 Å². The smallest absolute Gasteiger partial charge is 0.243 e. The van der Waals surface area contributed by atoms with E-state index in [0.717, 1.165) is 44.2 Å². The van der Waals surface area contributed by atoms with Crippen molar-refractivity contribution in [3.63, 3.8) is 0 Å². The van der Waals surface area contributed by atoms with Crippen molar-refractivity contribution >= 4 is 5.91 Å². The van der Waals surface area contributed by atoms with E-state index in [0.29, 0.717) is 19.0 Å². The van der Waals surface area contributed by atoms with Crippen molar-refractivity contribution in [2.24, 2.45) is 0 Å². The minimum Gasteiger partial charge on any atom is -0.467 e. The summed E-state index contributed by atoms with van der Waals surface area (Å²) in [5.41, 5.74) is 0. The van der Waals surface area contributed by atoms with Crippen molar-refractivity contribution in [1.29, 1.82) is 0 Å². The molecule has 2 aromatic heterocycles. The monoisotopic (exact) mass is 347 g/mol. The van der Waals surface area contributed by atoms with Crippen molar-refractivity contribution < 1.29 is 13.7 Å². The van der Waals surface area contributed by atoms with Gasteiger partial charge in [-0.1, -0.05) is 12.1 Å². The summed E-state index contributed by atoms with van der Waals surface area (Å²) in [6.45, 7) is 8.35. The highest BCUT2D eigenvalue weighted by Crippen LogP contribution is 2.20. The second kappa shape index (κ2) is 8.26. The molecule has 1 aliphatic rings. The summed E-state index contributed by atoms with van der Waals surface area (Å²) in [6.07, 6.45) is 2.38. The van der Waals surface area contributed by atoms with Crippen molar-refractivity contribution in [3.8, 4) is 0 Å². The summed E-state index contributed by atoms with van der Waals surface area (Å²) in [4.78, 5) is 20.9. The Morgan fingerprint density at radius 2 is 2.16 bits per heavy atom. The first-order valence-electron chi connectivity index (χ1n) is 8.73. The number of aromatic nitrogens is 2. The molecule has 3 rings (SSSR count). The summed E-state index contributed by atoms with van der Waals surface area (Å²) in [5, 5.41) is 6.84. The summed E-state index contributed by atoms with van der Waals surface area (Å²) < 4.78 is 10.6. The molecule has 25 heavy (non-hydrogen) atoms. The van der Waals surface area contributed by atoms with Crippen LogP contribution in [-0.2, 0) is 17.8 Å². The van der Waals surface area contributed by atoms with Gasteiger partial charge in [0.2, 0.25) is 11.8 Å². The zero-order valence-electron chi connectivity index (χ0n) is 14.8. The number of amides is 1. The topological polar surface area (TPSA) is 87.6 Å². The normalized spacial score (nSPS) is 17.5. The summed E-state index contributed by atoms with van der Waals surface area (Å²) in [7, 11) is 0. The van der Waals surface area contributed by atoms with Gasteiger partial charge in [0.05, 0.1) is 25.4 Å². The molecule has 1 amide bonds. The number of hydrogen-bond acceptors (Lipinski definition) is 7. The van der Waals surface area contributed by atoms with Gasteiger partial charge < -0.3 is 14.3 Å². The van der Waals surface area contributed by atoms with Crippen LogP contribution in [0.2, 0.25) is 0 Å². The van der Waals surface area contributed by atoms with Crippen LogP contribution in [0, 0.1) is 0 Å². The van der Waals surface area contributed by atoms with Crippen molar-refractivity contribution in [3.05, 3.63) is 35.9 Å². The minimum absolute atomic E-state index is 0.0161. The maximum atomic E-state index is 12.0. The fraction of sp³-hybridized carbons (Fsp3) is 0.588. The molecule has 1 unspecified atom stereocenters. The highest BCUT2D eigenvalue weighted by molar-refractivity contribution is 5.77. The quantitative estimate of drug-likeness (QED) is 0.806. The summed E-state index contributed by atoms with van der Waals surface area (Å²) in [5.74, 6) is 2.19. The number of nitrogens with zero attached hydrogens (tertiary/aromatic N) is 4. The van der Waals surface area contributed by atoms with E-state index in [1.54, 1.807) is 6.26 Å². The van der Waals surface area contributed by atoms with E-state index in [4.69, 9.17) is 8.94 Å². The molecule has 0 bridgehead atoms. The molecule has 0 aliphatic carbocycles. The molecule has 1 N–H and O–H groups in total. The lowest BCUT2D eigenvalue weighted by Gasteiger charge is -2.36. The Labute approximate surface area is 147 Å². The Morgan fingerprint density at radius 1 is 1.36 bits per heavy atom. The second-order valence-electron chi connectivity index (χ2n) is 6.25. The second-order valence-corrected chi connectivity index (χ2v) is 6.25. The number of carbonyl (C=O) groups is 1. The van der Waals surface area contributed by atoms with E-state index in [1.807, 2.05) is 19.1 Å². The fourth-order valence-electron chi connectivity index (χ4n) is 2.90. The van der Waals surface area contributed by atoms with Crippen LogP contribution < -0.4 is 5.32 Å². The molecule has 1 fully saturated rings. The van der Waals surface area contributed by atoms with Gasteiger partial charge >= 0.3 is 0 Å². The van der Waals surface area contributed by atoms with Gasteiger partial charge in [0.15, 0.2) is 5.82 Å². The van der Waals surface area contributed by atoms with E-state index >= 15 is 0 Å². The molecular formula is C17H25N5O3. The molecule has 136 valence electrons. The third-order valence-electron chi connectivity index (χ3n) is 4.52. The largest absolute Gasteiger partial charge is 0.467 e. The van der Waals surface area contributed by atoms with Crippen molar-refractivity contribution in [2.75, 3.05) is 32.7 Å². The summed E-state index contributed by atoms with van der Waals surface area (Å²) >= 11 is 0. The highest BCUT2D eigenvalue weighted by atomic mass is 16.5. The van der Waals surface area contributed by atoms with Crippen LogP contribution in [0.3, 0.4) is 0 Å². The van der Waals surface area contributed by atoms with Gasteiger partial charge in [-0.05, 0) is 19.1 Å². The van der Waals surface area contributed by atoms with Gasteiger partial charge in [-0.2, -0.15) is 4.98 Å². The number of rotatable bonds is 7. The molecule has 8 heteroatoms. The Kier molecular flexibility index (Phi) is 5.83. The standard InChI is InChI=1S/C17H25N5O3/c1-3-15-19-17(25-20-15)13(2)22-8-6-21(7-9-22)12-16(23)18-11-14-5-4-10-24-14/h4-5,10,13H,3,6-9,11-12H2,1-2H3,(H,18,23). The van der Waals surface area contributed by atoms with Crippen LogP contribution in [0.15, 0.2) is 27.3 Å². The Hall–Kier alpha value is -2.19. The van der Waals surface area contributed by atoms with Crippen molar-refractivity contribution in [2.45, 2.75) is 32.9 Å². The molecule has 1 aliphatic heterocycles. The number of furan rings is 1. The van der Waals surface area contributed by atoms with E-state index in [9.17, 15) is 4.79 Å². The Balaban J connectivity index is 1.41. The first-order valence-corrected chi connectivity index (χ1v) is 8.73. The van der Waals surface area contributed by atoms with Crippen LogP contribution in [0.5, 0.6) is 0 Å². The molecule has 1 atom stereocenters. The number of piperazine rings is 1. The molecule has 3 heterocycles. The molecule has 8 nitrogen and oxygen atoms in total. The lowest BCUT2D eigenvalue weighted by molar-refractivity contribution is -0.123. The van der Waals surface area contributed by atoms with Crippen LogP contribution in [0.1, 0.15) is 37.4 Å². The fourth-order valence-corrected chi connectivity index (χ4v) is 2.90. The summed E-state index contributed by atoms with van der Waals surface area (Å²) in [6, 6.07) is 3.76. The lowest BCUT2D eigenvalue weighted by atomic mass is 10.2. The average molecular weight is 347 g/mol. The van der Waals surface area contributed by atoms with Gasteiger partial charge in [-0.3, -0.25) is 14.6 Å². The van der Waals surface area contributed by atoms with Crippen LogP contribution >= 0.6 is 0 Å². The zero-order chi connectivity index (χ0) is 17.6. The van der Waals surface area contributed by atoms with E-state index in [2.05, 4.69) is 32.2 Å². The SMILES string of the molecule is CCc1noc(C(C)N2CCN(CC(=O)NCc3ccco3)CC2)n1. The van der Waals surface area contributed by atoms with Gasteiger partial charge in [0.1, 0.15) is 5.76 Å². The molecule has 0 spiro atoms. The maximum absolute atomic E-state index is 12.0. The van der Waals surface area contributed by atoms with E-state index < -0.39 is 0 Å². The molecule has 0 radical (unpaired) electrons. The van der Waals surface area contributed by atoms with Gasteiger partial charge in [0, 0.05) is 32.6 Å². The maximum Gasteiger partial charge on any atom is 0.243 e. The van der Waals surface area contributed by atoms with Crippen molar-refractivity contribution in [1.82, 2.24) is 25.3 Å². The predicted molar refractivity (Wildman–Crippen MR) is 90.7 cm³/mol. The molecule has 0 aromatic carbocycles. The van der Waals surface area contributed by atoms with Crippen LogP contribution in [0.25, 0.3) is 0 Å².